The molecule has 0 unspecified atom stereocenters. The highest BCUT2D eigenvalue weighted by molar-refractivity contribution is 5.89. The number of benzene rings is 1. The summed E-state index contributed by atoms with van der Waals surface area (Å²) >= 11 is 0. The van der Waals surface area contributed by atoms with E-state index in [4.69, 9.17) is 5.73 Å². The van der Waals surface area contributed by atoms with Crippen LogP contribution in [0.5, 0.6) is 0 Å². The van der Waals surface area contributed by atoms with E-state index in [9.17, 15) is 4.79 Å². The van der Waals surface area contributed by atoms with Gasteiger partial charge < -0.3 is 10.6 Å². The lowest BCUT2D eigenvalue weighted by molar-refractivity contribution is -0.134. The molecule has 0 aromatic heterocycles. The molecule has 0 heterocycles. The van der Waals surface area contributed by atoms with E-state index in [1.165, 1.54) is 11.1 Å². The van der Waals surface area contributed by atoms with Crippen LogP contribution in [0.25, 0.3) is 0 Å². The smallest absolute Gasteiger partial charge is 0.242 e. The van der Waals surface area contributed by atoms with Crippen LogP contribution in [0.4, 0.5) is 0 Å². The van der Waals surface area contributed by atoms with Crippen molar-refractivity contribution >= 4 is 18.3 Å². The summed E-state index contributed by atoms with van der Waals surface area (Å²) in [5, 5.41) is 0. The molecule has 0 atom stereocenters. The minimum absolute atomic E-state index is 0. The van der Waals surface area contributed by atoms with E-state index in [-0.39, 0.29) is 18.3 Å². The third-order valence-electron chi connectivity index (χ3n) is 3.51. The van der Waals surface area contributed by atoms with Crippen LogP contribution in [-0.4, -0.2) is 22.9 Å². The second-order valence-corrected chi connectivity index (χ2v) is 4.90. The molecule has 1 saturated carbocycles. The number of nitrogens with zero attached hydrogens (tertiary/aromatic N) is 1. The van der Waals surface area contributed by atoms with E-state index in [1.807, 2.05) is 24.0 Å². The van der Waals surface area contributed by atoms with Crippen LogP contribution < -0.4 is 5.73 Å². The number of rotatable bonds is 4. The molecule has 1 aromatic carbocycles. The summed E-state index contributed by atoms with van der Waals surface area (Å²) < 4.78 is 0. The lowest BCUT2D eigenvalue weighted by atomic mass is 10.1. The molecule has 1 fully saturated rings. The summed E-state index contributed by atoms with van der Waals surface area (Å²) in [6, 6.07) is 8.17. The fourth-order valence-electron chi connectivity index (χ4n) is 1.98. The van der Waals surface area contributed by atoms with Gasteiger partial charge in [0, 0.05) is 13.1 Å². The highest BCUT2D eigenvalue weighted by Crippen LogP contribution is 2.34. The molecule has 1 amide bonds. The second kappa shape index (κ2) is 5.72. The summed E-state index contributed by atoms with van der Waals surface area (Å²) in [5.41, 5.74) is 7.83. The third kappa shape index (κ3) is 3.03. The van der Waals surface area contributed by atoms with Gasteiger partial charge >= 0.3 is 0 Å². The summed E-state index contributed by atoms with van der Waals surface area (Å²) in [7, 11) is 0. The maximum atomic E-state index is 12.2. The van der Waals surface area contributed by atoms with Gasteiger partial charge in [-0.1, -0.05) is 24.3 Å². The molecule has 0 spiro atoms. The Labute approximate surface area is 115 Å². The van der Waals surface area contributed by atoms with Crippen molar-refractivity contribution < 1.29 is 4.79 Å². The molecular formula is C14H21ClN2O. The summed E-state index contributed by atoms with van der Waals surface area (Å²) in [6.07, 6.45) is 1.66. The molecule has 4 heteroatoms. The Balaban J connectivity index is 0.00000162. The number of hydrogen-bond donors (Lipinski definition) is 1. The van der Waals surface area contributed by atoms with Crippen molar-refractivity contribution in [2.75, 3.05) is 6.54 Å². The van der Waals surface area contributed by atoms with E-state index >= 15 is 0 Å². The molecule has 18 heavy (non-hydrogen) atoms. The van der Waals surface area contributed by atoms with Crippen molar-refractivity contribution in [3.63, 3.8) is 0 Å². The van der Waals surface area contributed by atoms with Gasteiger partial charge in [-0.15, -0.1) is 12.4 Å². The zero-order chi connectivity index (χ0) is 12.5. The van der Waals surface area contributed by atoms with E-state index in [0.717, 1.165) is 12.8 Å². The number of halogens is 1. The fraction of sp³-hybridized carbons (Fsp3) is 0.500. The highest BCUT2D eigenvalue weighted by atomic mass is 35.5. The first-order chi connectivity index (χ1) is 8.07. The average molecular weight is 269 g/mol. The van der Waals surface area contributed by atoms with Crippen LogP contribution in [0.1, 0.15) is 30.9 Å². The van der Waals surface area contributed by atoms with Gasteiger partial charge in [0.2, 0.25) is 5.91 Å². The average Bonchev–Trinajstić information content (AvgIpc) is 3.07. The highest BCUT2D eigenvalue weighted by Gasteiger charge is 2.47. The fourth-order valence-corrected chi connectivity index (χ4v) is 1.98. The molecule has 0 bridgehead atoms. The minimum atomic E-state index is -0.557. The number of amides is 1. The van der Waals surface area contributed by atoms with Crippen molar-refractivity contribution in [1.29, 1.82) is 0 Å². The molecule has 1 aliphatic rings. The summed E-state index contributed by atoms with van der Waals surface area (Å²) in [5.74, 6) is 0.100. The van der Waals surface area contributed by atoms with Crippen LogP contribution in [0.2, 0.25) is 0 Å². The summed E-state index contributed by atoms with van der Waals surface area (Å²) in [4.78, 5) is 14.0. The molecule has 0 saturated heterocycles. The number of nitrogens with two attached hydrogens (primary N) is 1. The number of aryl methyl sites for hydroxylation is 1. The van der Waals surface area contributed by atoms with E-state index < -0.39 is 5.54 Å². The Morgan fingerprint density at radius 1 is 1.39 bits per heavy atom. The van der Waals surface area contributed by atoms with E-state index in [0.29, 0.717) is 13.1 Å². The Kier molecular flexibility index (Phi) is 4.77. The van der Waals surface area contributed by atoms with E-state index in [2.05, 4.69) is 19.1 Å². The molecule has 0 radical (unpaired) electrons. The predicted molar refractivity (Wildman–Crippen MR) is 75.7 cm³/mol. The molecule has 1 aromatic rings. The zero-order valence-corrected chi connectivity index (χ0v) is 11.8. The molecule has 1 aliphatic carbocycles. The lowest BCUT2D eigenvalue weighted by Crippen LogP contribution is -2.45. The first-order valence-electron chi connectivity index (χ1n) is 6.19. The Bertz CT molecular complexity index is 430. The van der Waals surface area contributed by atoms with Crippen molar-refractivity contribution in [2.24, 2.45) is 5.73 Å². The standard InChI is InChI=1S/C14H20N2O.ClH/c1-3-16(13(17)14(15)8-9-14)10-12-7-5-4-6-11(12)2;/h4-7H,3,8-10,15H2,1-2H3;1H. The Hall–Kier alpha value is -1.06. The molecule has 2 rings (SSSR count). The first kappa shape index (κ1) is 15.0. The minimum Gasteiger partial charge on any atom is -0.337 e. The van der Waals surface area contributed by atoms with Crippen LogP contribution in [0.15, 0.2) is 24.3 Å². The quantitative estimate of drug-likeness (QED) is 0.911. The van der Waals surface area contributed by atoms with Gasteiger partial charge in [0.1, 0.15) is 0 Å². The molecule has 3 nitrogen and oxygen atoms in total. The maximum absolute atomic E-state index is 12.2. The van der Waals surface area contributed by atoms with Gasteiger partial charge in [0.05, 0.1) is 5.54 Å². The zero-order valence-electron chi connectivity index (χ0n) is 11.0. The van der Waals surface area contributed by atoms with Crippen LogP contribution in [-0.2, 0) is 11.3 Å². The van der Waals surface area contributed by atoms with Crippen molar-refractivity contribution in [3.05, 3.63) is 35.4 Å². The van der Waals surface area contributed by atoms with Gasteiger partial charge in [-0.25, -0.2) is 0 Å². The predicted octanol–water partition coefficient (Wildman–Crippen LogP) is 2.26. The monoisotopic (exact) mass is 268 g/mol. The number of carbonyl (C=O) groups excluding carboxylic acids is 1. The SMILES string of the molecule is CCN(Cc1ccccc1C)C(=O)C1(N)CC1.Cl. The summed E-state index contributed by atoms with van der Waals surface area (Å²) in [6.45, 7) is 5.46. The van der Waals surface area contributed by atoms with Crippen LogP contribution >= 0.6 is 12.4 Å². The van der Waals surface area contributed by atoms with Gasteiger partial charge in [-0.3, -0.25) is 4.79 Å². The van der Waals surface area contributed by atoms with Crippen LogP contribution in [0.3, 0.4) is 0 Å². The van der Waals surface area contributed by atoms with Gasteiger partial charge in [0.25, 0.3) is 0 Å². The number of carbonyl (C=O) groups is 1. The van der Waals surface area contributed by atoms with Gasteiger partial charge in [0.15, 0.2) is 0 Å². The maximum Gasteiger partial charge on any atom is 0.242 e. The van der Waals surface area contributed by atoms with Crippen molar-refractivity contribution in [3.8, 4) is 0 Å². The number of hydrogen-bond acceptors (Lipinski definition) is 2. The molecule has 100 valence electrons. The molecule has 2 N–H and O–H groups in total. The lowest BCUT2D eigenvalue weighted by Gasteiger charge is -2.25. The third-order valence-corrected chi connectivity index (χ3v) is 3.51. The number of likely N-dealkylation sites (N-methyl/N-ethyl adjacent to an activating group) is 1. The van der Waals surface area contributed by atoms with Crippen molar-refractivity contribution in [1.82, 2.24) is 4.90 Å². The topological polar surface area (TPSA) is 46.3 Å². The largest absolute Gasteiger partial charge is 0.337 e. The van der Waals surface area contributed by atoms with E-state index in [1.54, 1.807) is 0 Å². The second-order valence-electron chi connectivity index (χ2n) is 4.90. The molecule has 0 aliphatic heterocycles. The van der Waals surface area contributed by atoms with Gasteiger partial charge in [-0.05, 0) is 37.8 Å². The molecular weight excluding hydrogens is 248 g/mol. The normalized spacial score (nSPS) is 15.7. The van der Waals surface area contributed by atoms with Crippen molar-refractivity contribution in [2.45, 2.75) is 38.8 Å². The first-order valence-corrected chi connectivity index (χ1v) is 6.19. The Morgan fingerprint density at radius 3 is 2.50 bits per heavy atom. The Morgan fingerprint density at radius 2 is 2.00 bits per heavy atom. The van der Waals surface area contributed by atoms with Crippen LogP contribution in [0, 0.1) is 6.92 Å². The van der Waals surface area contributed by atoms with Gasteiger partial charge in [-0.2, -0.15) is 0 Å².